The molecule has 6 atom stereocenters. The van der Waals surface area contributed by atoms with Crippen LogP contribution in [0.25, 0.3) is 0 Å². The number of benzene rings is 2. The van der Waals surface area contributed by atoms with Crippen LogP contribution in [0.3, 0.4) is 0 Å². The van der Waals surface area contributed by atoms with E-state index in [4.69, 9.17) is 27.9 Å². The molecule has 2 aromatic carbocycles. The molecule has 5 rings (SSSR count). The third-order valence-corrected chi connectivity index (χ3v) is 8.66. The summed E-state index contributed by atoms with van der Waals surface area (Å²) in [5.41, 5.74) is 3.23. The predicted molar refractivity (Wildman–Crippen MR) is 132 cm³/mol. The third-order valence-electron chi connectivity index (χ3n) is 7.34. The van der Waals surface area contributed by atoms with Gasteiger partial charge in [-0.1, -0.05) is 17.7 Å². The molecule has 1 N–H and O–H groups in total. The molecule has 0 aromatic heterocycles. The van der Waals surface area contributed by atoms with E-state index in [0.29, 0.717) is 17.8 Å². The maximum absolute atomic E-state index is 13.1. The lowest BCUT2D eigenvalue weighted by atomic mass is 9.80. The van der Waals surface area contributed by atoms with Gasteiger partial charge in [0.2, 0.25) is 11.8 Å². The van der Waals surface area contributed by atoms with Crippen LogP contribution in [0.4, 0.5) is 11.4 Å². The molecule has 0 spiro atoms. The maximum Gasteiger partial charge on any atom is 0.338 e. The van der Waals surface area contributed by atoms with Gasteiger partial charge in [0.1, 0.15) is 0 Å². The molecule has 1 saturated heterocycles. The molecule has 2 bridgehead atoms. The van der Waals surface area contributed by atoms with E-state index in [-0.39, 0.29) is 40.0 Å². The van der Waals surface area contributed by atoms with E-state index in [0.717, 1.165) is 11.1 Å². The largest absolute Gasteiger partial charge is 0.452 e. The van der Waals surface area contributed by atoms with Gasteiger partial charge in [-0.15, -0.1) is 23.2 Å². The second-order valence-corrected chi connectivity index (χ2v) is 10.5. The Labute approximate surface area is 212 Å². The van der Waals surface area contributed by atoms with Crippen molar-refractivity contribution in [3.05, 3.63) is 59.2 Å². The molecule has 182 valence electrons. The average Bonchev–Trinajstić information content (AvgIpc) is 3.44. The van der Waals surface area contributed by atoms with Crippen molar-refractivity contribution in [2.45, 2.75) is 31.0 Å². The van der Waals surface area contributed by atoms with Gasteiger partial charge in [-0.2, -0.15) is 0 Å². The first-order valence-electron chi connectivity index (χ1n) is 11.5. The fraction of sp³-hybridized carbons (Fsp3) is 0.385. The highest BCUT2D eigenvalue weighted by Crippen LogP contribution is 2.59. The normalized spacial score (nSPS) is 28.9. The number of amides is 3. The van der Waals surface area contributed by atoms with Crippen molar-refractivity contribution in [1.82, 2.24) is 0 Å². The Bertz CT molecular complexity index is 1200. The predicted octanol–water partition coefficient (Wildman–Crippen LogP) is 4.07. The summed E-state index contributed by atoms with van der Waals surface area (Å²) in [6, 6.07) is 11.6. The molecule has 0 radical (unpaired) electrons. The van der Waals surface area contributed by atoms with E-state index in [9.17, 15) is 19.2 Å². The summed E-state index contributed by atoms with van der Waals surface area (Å²) in [5, 5.41) is 2.09. The molecule has 3 aliphatic rings. The zero-order valence-corrected chi connectivity index (χ0v) is 20.7. The summed E-state index contributed by atoms with van der Waals surface area (Å²) in [6.45, 7) is 3.40. The highest BCUT2D eigenvalue weighted by Gasteiger charge is 2.66. The molecular weight excluding hydrogens is 491 g/mol. The molecule has 35 heavy (non-hydrogen) atoms. The first-order chi connectivity index (χ1) is 16.7. The minimum atomic E-state index is -0.684. The number of anilines is 2. The number of nitrogens with one attached hydrogen (secondary N) is 1. The number of hydrogen-bond acceptors (Lipinski definition) is 5. The number of fused-ring (bicyclic) bond motifs is 5. The van der Waals surface area contributed by atoms with Crippen LogP contribution in [-0.2, 0) is 19.1 Å². The van der Waals surface area contributed by atoms with Crippen molar-refractivity contribution in [2.24, 2.45) is 23.7 Å². The number of imide groups is 1. The lowest BCUT2D eigenvalue weighted by Crippen LogP contribution is -2.37. The number of aryl methyl sites for hydroxylation is 2. The Balaban J connectivity index is 1.21. The van der Waals surface area contributed by atoms with Gasteiger partial charge in [-0.3, -0.25) is 19.3 Å². The number of esters is 1. The van der Waals surface area contributed by atoms with Crippen molar-refractivity contribution >= 4 is 58.3 Å². The maximum atomic E-state index is 13.1. The number of alkyl halides is 2. The van der Waals surface area contributed by atoms with Gasteiger partial charge >= 0.3 is 5.97 Å². The van der Waals surface area contributed by atoms with E-state index in [1.54, 1.807) is 6.07 Å². The van der Waals surface area contributed by atoms with E-state index in [1.165, 1.54) is 29.2 Å². The van der Waals surface area contributed by atoms with Crippen molar-refractivity contribution in [2.75, 3.05) is 16.8 Å². The van der Waals surface area contributed by atoms with Crippen LogP contribution < -0.4 is 10.2 Å². The molecular formula is C26H24Cl2N2O5. The zero-order valence-electron chi connectivity index (χ0n) is 19.2. The van der Waals surface area contributed by atoms with E-state index in [2.05, 4.69) is 5.32 Å². The Morgan fingerprint density at radius 2 is 1.57 bits per heavy atom. The Morgan fingerprint density at radius 3 is 2.14 bits per heavy atom. The number of halogens is 2. The van der Waals surface area contributed by atoms with Crippen LogP contribution >= 0.6 is 23.2 Å². The Morgan fingerprint density at radius 1 is 0.971 bits per heavy atom. The summed E-state index contributed by atoms with van der Waals surface area (Å²) in [6.07, 6.45) is 0.699. The van der Waals surface area contributed by atoms with Crippen molar-refractivity contribution in [3.63, 3.8) is 0 Å². The average molecular weight is 515 g/mol. The molecule has 7 nitrogen and oxygen atoms in total. The number of ether oxygens (including phenoxy) is 1. The lowest BCUT2D eigenvalue weighted by molar-refractivity contribution is -0.123. The van der Waals surface area contributed by atoms with Gasteiger partial charge in [-0.05, 0) is 68.0 Å². The monoisotopic (exact) mass is 514 g/mol. The topological polar surface area (TPSA) is 92.8 Å². The highest BCUT2D eigenvalue weighted by molar-refractivity contribution is 6.32. The second-order valence-electron chi connectivity index (χ2n) is 9.51. The molecule has 0 unspecified atom stereocenters. The van der Waals surface area contributed by atoms with Gasteiger partial charge in [0.15, 0.2) is 6.61 Å². The van der Waals surface area contributed by atoms with Gasteiger partial charge in [0.25, 0.3) is 5.91 Å². The molecule has 9 heteroatoms. The van der Waals surface area contributed by atoms with Gasteiger partial charge in [0, 0.05) is 5.69 Å². The fourth-order valence-corrected chi connectivity index (χ4v) is 6.60. The standard InChI is InChI=1S/C26H24Cl2N2O5/c1-12-3-8-18(13(2)9-12)29-19(31)11-35-26(34)14-4-6-15(7-5-14)30-24(32)20-16-10-17(21(20)25(30)33)23(28)22(16)27/h3-9,16-17,20-23H,10-11H2,1-2H3,(H,29,31)/t16-,17-,20-,21-,22+,23+/m1/s1. The third kappa shape index (κ3) is 4.00. The summed E-state index contributed by atoms with van der Waals surface area (Å²) >= 11 is 12.8. The van der Waals surface area contributed by atoms with Crippen molar-refractivity contribution < 1.29 is 23.9 Å². The van der Waals surface area contributed by atoms with Gasteiger partial charge in [0.05, 0.1) is 33.8 Å². The Kier molecular flexibility index (Phi) is 6.09. The number of rotatable bonds is 5. The molecule has 1 heterocycles. The van der Waals surface area contributed by atoms with Crippen LogP contribution in [0, 0.1) is 37.5 Å². The van der Waals surface area contributed by atoms with Crippen LogP contribution in [0.5, 0.6) is 0 Å². The quantitative estimate of drug-likeness (QED) is 0.368. The SMILES string of the molecule is Cc1ccc(NC(=O)COC(=O)c2ccc(N3C(=O)[C@@H]4[C@H]5C[C@@H]([C@H](Cl)[C@H]5Cl)[C@H]4C3=O)cc2)c(C)c1. The first-order valence-corrected chi connectivity index (χ1v) is 12.3. The summed E-state index contributed by atoms with van der Waals surface area (Å²) in [7, 11) is 0. The van der Waals surface area contributed by atoms with Gasteiger partial charge < -0.3 is 10.1 Å². The molecule has 2 saturated carbocycles. The fourth-order valence-electron chi connectivity index (χ4n) is 5.70. The van der Waals surface area contributed by atoms with E-state index in [1.807, 2.05) is 26.0 Å². The minimum absolute atomic E-state index is 0.0975. The lowest BCUT2D eigenvalue weighted by Gasteiger charge is -2.28. The van der Waals surface area contributed by atoms with Crippen molar-refractivity contribution in [3.8, 4) is 0 Å². The molecule has 1 aliphatic heterocycles. The number of nitrogens with zero attached hydrogens (tertiary/aromatic N) is 1. The van der Waals surface area contributed by atoms with Crippen LogP contribution in [0.15, 0.2) is 42.5 Å². The van der Waals surface area contributed by atoms with Crippen LogP contribution in [0.1, 0.15) is 27.9 Å². The smallest absolute Gasteiger partial charge is 0.338 e. The first kappa shape index (κ1) is 23.8. The summed E-state index contributed by atoms with van der Waals surface area (Å²) in [4.78, 5) is 52.0. The number of carbonyl (C=O) groups excluding carboxylic acids is 4. The molecule has 3 amide bonds. The summed E-state index contributed by atoms with van der Waals surface area (Å²) in [5.74, 6) is -2.74. The van der Waals surface area contributed by atoms with Crippen molar-refractivity contribution in [1.29, 1.82) is 0 Å². The Hall–Kier alpha value is -2.90. The van der Waals surface area contributed by atoms with Crippen LogP contribution in [0.2, 0.25) is 0 Å². The number of hydrogen-bond donors (Lipinski definition) is 1. The highest BCUT2D eigenvalue weighted by atomic mass is 35.5. The summed E-state index contributed by atoms with van der Waals surface area (Å²) < 4.78 is 5.13. The van der Waals surface area contributed by atoms with Gasteiger partial charge in [-0.25, -0.2) is 4.79 Å². The minimum Gasteiger partial charge on any atom is -0.452 e. The molecule has 2 aliphatic carbocycles. The molecule has 2 aromatic rings. The number of carbonyl (C=O) groups is 4. The van der Waals surface area contributed by atoms with Crippen LogP contribution in [-0.4, -0.2) is 41.1 Å². The molecule has 3 fully saturated rings. The zero-order chi connectivity index (χ0) is 25.0. The second kappa shape index (κ2) is 8.95. The van der Waals surface area contributed by atoms with E-state index >= 15 is 0 Å². The van der Waals surface area contributed by atoms with E-state index < -0.39 is 30.3 Å².